The average Bonchev–Trinajstić information content (AvgIpc) is 3.43. The van der Waals surface area contributed by atoms with E-state index < -0.39 is 22.5 Å². The molecule has 8 nitrogen and oxygen atoms in total. The van der Waals surface area contributed by atoms with Gasteiger partial charge in [0.05, 0.1) is 28.4 Å². The number of sulfonamides is 1. The van der Waals surface area contributed by atoms with E-state index in [1.54, 1.807) is 71.6 Å². The Bertz CT molecular complexity index is 1300. The first kappa shape index (κ1) is 25.2. The summed E-state index contributed by atoms with van der Waals surface area (Å²) in [6, 6.07) is 21.3. The number of carbonyl (C=O) groups is 2. The zero-order valence-electron chi connectivity index (χ0n) is 20.1. The molecule has 3 aromatic rings. The zero-order valence-corrected chi connectivity index (χ0v) is 20.9. The molecule has 3 aromatic carbocycles. The van der Waals surface area contributed by atoms with E-state index in [2.05, 4.69) is 5.32 Å². The van der Waals surface area contributed by atoms with Gasteiger partial charge in [-0.05, 0) is 68.3 Å². The second-order valence-corrected chi connectivity index (χ2v) is 10.2. The van der Waals surface area contributed by atoms with Crippen LogP contribution in [-0.4, -0.2) is 51.4 Å². The van der Waals surface area contributed by atoms with Gasteiger partial charge in [-0.15, -0.1) is 0 Å². The van der Waals surface area contributed by atoms with Crippen LogP contribution in [0.4, 0.5) is 11.4 Å². The lowest BCUT2D eigenvalue weighted by Crippen LogP contribution is -2.38. The molecule has 36 heavy (non-hydrogen) atoms. The number of nitrogens with zero attached hydrogens (tertiary/aromatic N) is 2. The number of para-hydroxylation sites is 2. The van der Waals surface area contributed by atoms with E-state index >= 15 is 0 Å². The van der Waals surface area contributed by atoms with Crippen molar-refractivity contribution in [2.75, 3.05) is 35.9 Å². The fourth-order valence-electron chi connectivity index (χ4n) is 4.10. The van der Waals surface area contributed by atoms with Crippen molar-refractivity contribution >= 4 is 33.2 Å². The Kier molecular flexibility index (Phi) is 7.90. The lowest BCUT2D eigenvalue weighted by atomic mass is 10.1. The molecule has 0 radical (unpaired) electrons. The Balaban J connectivity index is 1.59. The van der Waals surface area contributed by atoms with Gasteiger partial charge in [0.1, 0.15) is 12.3 Å². The molecule has 0 unspecified atom stereocenters. The molecule has 1 aliphatic heterocycles. The Morgan fingerprint density at radius 3 is 2.22 bits per heavy atom. The van der Waals surface area contributed by atoms with Gasteiger partial charge in [-0.3, -0.25) is 13.9 Å². The number of hydrogen-bond acceptors (Lipinski definition) is 5. The van der Waals surface area contributed by atoms with E-state index in [0.29, 0.717) is 42.4 Å². The van der Waals surface area contributed by atoms with Gasteiger partial charge in [0.15, 0.2) is 0 Å². The van der Waals surface area contributed by atoms with Gasteiger partial charge in [0, 0.05) is 13.1 Å². The SMILES string of the molecule is CCOc1ccc(S(=O)(=O)N(CC(=O)Nc2ccccc2C(=O)N2CCCC2)c2ccccc2)cc1. The van der Waals surface area contributed by atoms with E-state index in [0.717, 1.165) is 17.1 Å². The van der Waals surface area contributed by atoms with Gasteiger partial charge in [-0.25, -0.2) is 8.42 Å². The number of ether oxygens (including phenoxy) is 1. The molecule has 9 heteroatoms. The van der Waals surface area contributed by atoms with Crippen LogP contribution >= 0.6 is 0 Å². The molecule has 0 atom stereocenters. The Hall–Kier alpha value is -3.85. The maximum Gasteiger partial charge on any atom is 0.264 e. The predicted octanol–water partition coefficient (Wildman–Crippen LogP) is 4.16. The Morgan fingerprint density at radius 1 is 0.917 bits per heavy atom. The van der Waals surface area contributed by atoms with E-state index in [4.69, 9.17) is 4.74 Å². The van der Waals surface area contributed by atoms with E-state index in [1.807, 2.05) is 6.92 Å². The number of nitrogens with one attached hydrogen (secondary N) is 1. The highest BCUT2D eigenvalue weighted by atomic mass is 32.2. The minimum atomic E-state index is -4.07. The van der Waals surface area contributed by atoms with Gasteiger partial charge < -0.3 is 15.0 Å². The smallest absolute Gasteiger partial charge is 0.264 e. The number of hydrogen-bond donors (Lipinski definition) is 1. The summed E-state index contributed by atoms with van der Waals surface area (Å²) >= 11 is 0. The lowest BCUT2D eigenvalue weighted by Gasteiger charge is -2.24. The highest BCUT2D eigenvalue weighted by Gasteiger charge is 2.28. The normalized spacial score (nSPS) is 13.3. The third kappa shape index (κ3) is 5.68. The fraction of sp³-hybridized carbons (Fsp3) is 0.259. The van der Waals surface area contributed by atoms with Gasteiger partial charge >= 0.3 is 0 Å². The first-order valence-electron chi connectivity index (χ1n) is 11.9. The first-order valence-corrected chi connectivity index (χ1v) is 13.3. The monoisotopic (exact) mass is 507 g/mol. The summed E-state index contributed by atoms with van der Waals surface area (Å²) in [4.78, 5) is 27.9. The van der Waals surface area contributed by atoms with Crippen LogP contribution in [0, 0.1) is 0 Å². The summed E-state index contributed by atoms with van der Waals surface area (Å²) < 4.78 is 33.6. The van der Waals surface area contributed by atoms with Crippen LogP contribution in [0.3, 0.4) is 0 Å². The average molecular weight is 508 g/mol. The number of anilines is 2. The second-order valence-electron chi connectivity index (χ2n) is 8.34. The van der Waals surface area contributed by atoms with E-state index in [1.165, 1.54) is 12.1 Å². The number of benzene rings is 3. The second kappa shape index (κ2) is 11.3. The minimum Gasteiger partial charge on any atom is -0.494 e. The topological polar surface area (TPSA) is 96.0 Å². The van der Waals surface area contributed by atoms with Crippen LogP contribution in [0.1, 0.15) is 30.1 Å². The Labute approximate surface area is 211 Å². The van der Waals surface area contributed by atoms with Crippen molar-refractivity contribution < 1.29 is 22.7 Å². The maximum absolute atomic E-state index is 13.6. The van der Waals surface area contributed by atoms with Gasteiger partial charge in [0.2, 0.25) is 5.91 Å². The molecule has 1 fully saturated rings. The Morgan fingerprint density at radius 2 is 1.56 bits per heavy atom. The fourth-order valence-corrected chi connectivity index (χ4v) is 5.52. The van der Waals surface area contributed by atoms with Crippen LogP contribution < -0.4 is 14.4 Å². The molecule has 1 saturated heterocycles. The molecule has 0 aromatic heterocycles. The molecule has 4 rings (SSSR count). The number of likely N-dealkylation sites (tertiary alicyclic amines) is 1. The third-order valence-corrected chi connectivity index (χ3v) is 7.67. The van der Waals surface area contributed by atoms with Crippen molar-refractivity contribution in [2.24, 2.45) is 0 Å². The molecular weight excluding hydrogens is 478 g/mol. The molecule has 0 aliphatic carbocycles. The molecule has 2 amide bonds. The highest BCUT2D eigenvalue weighted by molar-refractivity contribution is 7.92. The number of rotatable bonds is 9. The van der Waals surface area contributed by atoms with E-state index in [9.17, 15) is 18.0 Å². The van der Waals surface area contributed by atoms with Crippen molar-refractivity contribution in [3.63, 3.8) is 0 Å². The summed E-state index contributed by atoms with van der Waals surface area (Å²) in [7, 11) is -4.07. The van der Waals surface area contributed by atoms with E-state index in [-0.39, 0.29) is 10.8 Å². The standard InChI is InChI=1S/C27H29N3O5S/c1-2-35-22-14-16-23(17-15-22)36(33,34)30(21-10-4-3-5-11-21)20-26(31)28-25-13-7-6-12-24(25)27(32)29-18-8-9-19-29/h3-7,10-17H,2,8-9,18-20H2,1H3,(H,28,31). The molecule has 0 bridgehead atoms. The highest BCUT2D eigenvalue weighted by Crippen LogP contribution is 2.26. The summed E-state index contributed by atoms with van der Waals surface area (Å²) in [5.74, 6) is -0.153. The zero-order chi connectivity index (χ0) is 25.5. The van der Waals surface area contributed by atoms with Crippen molar-refractivity contribution in [1.82, 2.24) is 4.90 Å². The molecule has 0 saturated carbocycles. The predicted molar refractivity (Wildman–Crippen MR) is 139 cm³/mol. The molecule has 188 valence electrons. The molecular formula is C27H29N3O5S. The summed E-state index contributed by atoms with van der Waals surface area (Å²) in [5.41, 5.74) is 1.09. The third-order valence-electron chi connectivity index (χ3n) is 5.88. The summed E-state index contributed by atoms with van der Waals surface area (Å²) in [6.07, 6.45) is 1.91. The van der Waals surface area contributed by atoms with Gasteiger partial charge in [-0.2, -0.15) is 0 Å². The van der Waals surface area contributed by atoms with Crippen molar-refractivity contribution in [3.8, 4) is 5.75 Å². The minimum absolute atomic E-state index is 0.0345. The number of amides is 2. The lowest BCUT2D eigenvalue weighted by molar-refractivity contribution is -0.114. The maximum atomic E-state index is 13.6. The van der Waals surface area contributed by atoms with Crippen LogP contribution in [0.5, 0.6) is 5.75 Å². The molecule has 1 N–H and O–H groups in total. The quantitative estimate of drug-likeness (QED) is 0.469. The molecule has 0 spiro atoms. The van der Waals surface area contributed by atoms with Gasteiger partial charge in [0.25, 0.3) is 15.9 Å². The van der Waals surface area contributed by atoms with Crippen LogP contribution in [-0.2, 0) is 14.8 Å². The number of carbonyl (C=O) groups excluding carboxylic acids is 2. The summed E-state index contributed by atoms with van der Waals surface area (Å²) in [6.45, 7) is 3.21. The largest absolute Gasteiger partial charge is 0.494 e. The molecule has 1 aliphatic rings. The van der Waals surface area contributed by atoms with Gasteiger partial charge in [-0.1, -0.05) is 30.3 Å². The van der Waals surface area contributed by atoms with Crippen LogP contribution in [0.25, 0.3) is 0 Å². The van der Waals surface area contributed by atoms with Crippen molar-refractivity contribution in [3.05, 3.63) is 84.4 Å². The summed E-state index contributed by atoms with van der Waals surface area (Å²) in [5, 5.41) is 2.75. The van der Waals surface area contributed by atoms with Crippen LogP contribution in [0.15, 0.2) is 83.8 Å². The van der Waals surface area contributed by atoms with Crippen LogP contribution in [0.2, 0.25) is 0 Å². The van der Waals surface area contributed by atoms with Crippen molar-refractivity contribution in [2.45, 2.75) is 24.7 Å². The van der Waals surface area contributed by atoms with Crippen molar-refractivity contribution in [1.29, 1.82) is 0 Å². The first-order chi connectivity index (χ1) is 17.4. The molecule has 1 heterocycles.